The molecule has 2 aromatic rings. The first-order chi connectivity index (χ1) is 11.6. The van der Waals surface area contributed by atoms with Crippen molar-refractivity contribution in [3.63, 3.8) is 0 Å². The predicted molar refractivity (Wildman–Crippen MR) is 80.2 cm³/mol. The molecule has 24 heavy (non-hydrogen) atoms. The fourth-order valence-corrected chi connectivity index (χ4v) is 3.19. The monoisotopic (exact) mass is 331 g/mol. The van der Waals surface area contributed by atoms with Crippen molar-refractivity contribution in [2.45, 2.75) is 6.04 Å². The molecule has 0 bridgehead atoms. The lowest BCUT2D eigenvalue weighted by atomic mass is 10.1. The van der Waals surface area contributed by atoms with Crippen molar-refractivity contribution in [3.05, 3.63) is 18.1 Å². The van der Waals surface area contributed by atoms with Gasteiger partial charge in [-0.2, -0.15) is 9.78 Å². The quantitative estimate of drug-likeness (QED) is 0.675. The van der Waals surface area contributed by atoms with Gasteiger partial charge < -0.3 is 9.80 Å². The summed E-state index contributed by atoms with van der Waals surface area (Å²) < 4.78 is 1.36. The summed E-state index contributed by atoms with van der Waals surface area (Å²) in [6, 6.07) is -0.273. The maximum Gasteiger partial charge on any atom is 0.259 e. The van der Waals surface area contributed by atoms with E-state index in [0.29, 0.717) is 31.0 Å². The second kappa shape index (κ2) is 5.67. The first-order valence-electron chi connectivity index (χ1n) is 7.70. The normalized spacial score (nSPS) is 21.9. The molecule has 11 nitrogen and oxygen atoms in total. The van der Waals surface area contributed by atoms with Gasteiger partial charge in [-0.1, -0.05) is 0 Å². The molecule has 11 heteroatoms. The predicted octanol–water partition coefficient (Wildman–Crippen LogP) is -2.02. The van der Waals surface area contributed by atoms with Crippen LogP contribution in [0.25, 0.3) is 5.82 Å². The van der Waals surface area contributed by atoms with E-state index in [4.69, 9.17) is 0 Å². The van der Waals surface area contributed by atoms with Crippen LogP contribution in [0.5, 0.6) is 0 Å². The Morgan fingerprint density at radius 3 is 2.92 bits per heavy atom. The van der Waals surface area contributed by atoms with Crippen molar-refractivity contribution in [1.82, 2.24) is 45.1 Å². The maximum absolute atomic E-state index is 12.9. The Labute approximate surface area is 137 Å². The molecular weight excluding hydrogens is 314 g/mol. The lowest BCUT2D eigenvalue weighted by Crippen LogP contribution is -2.64. The molecule has 0 aromatic carbocycles. The first-order valence-corrected chi connectivity index (χ1v) is 7.70. The van der Waals surface area contributed by atoms with E-state index in [2.05, 4.69) is 30.6 Å². The second-order valence-electron chi connectivity index (χ2n) is 5.95. The minimum Gasteiger partial charge on any atom is -0.343 e. The van der Waals surface area contributed by atoms with Crippen LogP contribution in [0.1, 0.15) is 10.4 Å². The number of carbonyl (C=O) groups is 2. The molecule has 2 aliphatic rings. The highest BCUT2D eigenvalue weighted by molar-refractivity contribution is 5.97. The Bertz CT molecular complexity index is 755. The number of nitrogens with one attached hydrogen (secondary N) is 1. The number of nitrogens with zero attached hydrogens (tertiary/aromatic N) is 8. The summed E-state index contributed by atoms with van der Waals surface area (Å²) in [5, 5.41) is 17.6. The molecule has 0 saturated carbocycles. The molecule has 2 aliphatic heterocycles. The van der Waals surface area contributed by atoms with Gasteiger partial charge in [0.1, 0.15) is 17.9 Å². The minimum absolute atomic E-state index is 0.0617. The van der Waals surface area contributed by atoms with Crippen LogP contribution in [-0.4, -0.2) is 103 Å². The van der Waals surface area contributed by atoms with Crippen molar-refractivity contribution >= 4 is 11.8 Å². The van der Waals surface area contributed by atoms with E-state index in [1.807, 2.05) is 0 Å². The van der Waals surface area contributed by atoms with Crippen molar-refractivity contribution in [1.29, 1.82) is 0 Å². The Morgan fingerprint density at radius 1 is 1.29 bits per heavy atom. The van der Waals surface area contributed by atoms with Gasteiger partial charge in [0, 0.05) is 39.8 Å². The molecular formula is C13H17N9O2. The number of hydrogen-bond acceptors (Lipinski definition) is 7. The zero-order valence-corrected chi connectivity index (χ0v) is 13.2. The molecule has 1 N–H and O–H groups in total. The van der Waals surface area contributed by atoms with Crippen LogP contribution in [0, 0.1) is 0 Å². The number of H-pyrrole nitrogens is 1. The molecule has 4 rings (SSSR count). The third-order valence-corrected chi connectivity index (χ3v) is 4.59. The fraction of sp³-hybridized carbons (Fsp3) is 0.538. The van der Waals surface area contributed by atoms with Gasteiger partial charge in [0.05, 0.1) is 6.20 Å². The Balaban J connectivity index is 1.56. The summed E-state index contributed by atoms with van der Waals surface area (Å²) in [7, 11) is 1.80. The van der Waals surface area contributed by atoms with E-state index < -0.39 is 0 Å². The maximum atomic E-state index is 12.9. The number of carbonyl (C=O) groups excluding carboxylic acids is 2. The number of likely N-dealkylation sites (N-methyl/N-ethyl adjacent to an activating group) is 1. The number of aromatic amines is 1. The van der Waals surface area contributed by atoms with Crippen molar-refractivity contribution in [2.24, 2.45) is 0 Å². The fourth-order valence-electron chi connectivity index (χ4n) is 3.19. The molecule has 2 saturated heterocycles. The van der Waals surface area contributed by atoms with Crippen molar-refractivity contribution in [2.75, 3.05) is 39.8 Å². The van der Waals surface area contributed by atoms with Gasteiger partial charge in [0.25, 0.3) is 5.91 Å². The van der Waals surface area contributed by atoms with Crippen LogP contribution in [0.15, 0.2) is 12.5 Å². The Kier molecular flexibility index (Phi) is 3.49. The van der Waals surface area contributed by atoms with Crippen LogP contribution < -0.4 is 0 Å². The molecule has 0 aliphatic carbocycles. The lowest BCUT2D eigenvalue weighted by molar-refractivity contribution is -0.142. The van der Waals surface area contributed by atoms with Crippen LogP contribution in [0.3, 0.4) is 0 Å². The largest absolute Gasteiger partial charge is 0.343 e. The van der Waals surface area contributed by atoms with E-state index in [1.165, 1.54) is 17.2 Å². The molecule has 0 spiro atoms. The van der Waals surface area contributed by atoms with Gasteiger partial charge in [-0.15, -0.1) is 5.10 Å². The topological polar surface area (TPSA) is 116 Å². The average molecular weight is 331 g/mol. The highest BCUT2D eigenvalue weighted by Gasteiger charge is 2.39. The number of fused-ring (bicyclic) bond motifs is 1. The molecule has 2 aromatic heterocycles. The summed E-state index contributed by atoms with van der Waals surface area (Å²) in [6.07, 6.45) is 2.85. The van der Waals surface area contributed by atoms with Crippen LogP contribution in [0.4, 0.5) is 0 Å². The highest BCUT2D eigenvalue weighted by atomic mass is 16.2. The molecule has 0 radical (unpaired) electrons. The van der Waals surface area contributed by atoms with E-state index in [0.717, 1.165) is 13.1 Å². The van der Waals surface area contributed by atoms with Gasteiger partial charge >= 0.3 is 0 Å². The summed E-state index contributed by atoms with van der Waals surface area (Å²) in [6.45, 7) is 3.22. The Morgan fingerprint density at radius 2 is 2.12 bits per heavy atom. The number of amides is 2. The van der Waals surface area contributed by atoms with Crippen molar-refractivity contribution < 1.29 is 9.59 Å². The molecule has 2 fully saturated rings. The molecule has 1 atom stereocenters. The van der Waals surface area contributed by atoms with Crippen LogP contribution in [0.2, 0.25) is 0 Å². The van der Waals surface area contributed by atoms with Crippen molar-refractivity contribution in [3.8, 4) is 5.82 Å². The van der Waals surface area contributed by atoms with Crippen LogP contribution >= 0.6 is 0 Å². The number of hydrogen-bond donors (Lipinski definition) is 1. The smallest absolute Gasteiger partial charge is 0.259 e. The molecule has 2 amide bonds. The second-order valence-corrected chi connectivity index (χ2v) is 5.95. The van der Waals surface area contributed by atoms with E-state index >= 15 is 0 Å². The van der Waals surface area contributed by atoms with Gasteiger partial charge in [0.2, 0.25) is 5.91 Å². The minimum atomic E-state index is -0.273. The summed E-state index contributed by atoms with van der Waals surface area (Å²) in [5.74, 6) is 0.293. The highest BCUT2D eigenvalue weighted by Crippen LogP contribution is 2.19. The number of rotatable bonds is 2. The molecule has 4 heterocycles. The lowest BCUT2D eigenvalue weighted by Gasteiger charge is -2.45. The van der Waals surface area contributed by atoms with Gasteiger partial charge in [-0.05, 0) is 10.4 Å². The molecule has 0 unspecified atom stereocenters. The average Bonchev–Trinajstić information content (AvgIpc) is 3.28. The third kappa shape index (κ3) is 2.33. The zero-order valence-electron chi connectivity index (χ0n) is 13.2. The van der Waals surface area contributed by atoms with E-state index in [1.54, 1.807) is 16.8 Å². The number of piperazine rings is 2. The van der Waals surface area contributed by atoms with Gasteiger partial charge in [0.15, 0.2) is 5.82 Å². The summed E-state index contributed by atoms with van der Waals surface area (Å²) >= 11 is 0. The number of aromatic nitrogens is 6. The molecule has 126 valence electrons. The summed E-state index contributed by atoms with van der Waals surface area (Å²) in [4.78, 5) is 30.8. The number of tetrazole rings is 1. The van der Waals surface area contributed by atoms with Crippen LogP contribution in [-0.2, 0) is 4.79 Å². The SMILES string of the molecule is CN1CCN2CCN(C(=O)c3cn[nH]c3-n3cnnn3)C[C@@H]2C1=O. The first kappa shape index (κ1) is 14.8. The van der Waals surface area contributed by atoms with E-state index in [9.17, 15) is 9.59 Å². The van der Waals surface area contributed by atoms with Gasteiger partial charge in [-0.25, -0.2) is 0 Å². The zero-order chi connectivity index (χ0) is 16.7. The van der Waals surface area contributed by atoms with Gasteiger partial charge in [-0.3, -0.25) is 19.6 Å². The Hall–Kier alpha value is -2.82. The standard InChI is InChI=1S/C13H17N9O2/c1-19-2-3-20-4-5-21(7-10(20)13(19)24)12(23)9-6-14-16-11(9)22-8-15-17-18-22/h6,8,10H,2-5,7H2,1H3,(H,14,16)/t10-/m1/s1. The van der Waals surface area contributed by atoms with E-state index in [-0.39, 0.29) is 17.9 Å². The third-order valence-electron chi connectivity index (χ3n) is 4.59. The summed E-state index contributed by atoms with van der Waals surface area (Å²) in [5.41, 5.74) is 0.382.